The van der Waals surface area contributed by atoms with Crippen molar-refractivity contribution in [3.8, 4) is 5.75 Å². The van der Waals surface area contributed by atoms with Gasteiger partial charge >= 0.3 is 0 Å². The molecule has 4 aromatic rings. The number of rotatable bonds is 4. The van der Waals surface area contributed by atoms with Gasteiger partial charge < -0.3 is 15.7 Å². The maximum atomic E-state index is 12.6. The molecule has 4 aromatic carbocycles. The minimum absolute atomic E-state index is 0.172. The normalized spacial score (nSPS) is 10.6. The minimum atomic E-state index is -0.332. The molecular weight excluding hydrogens is 400 g/mol. The van der Waals surface area contributed by atoms with E-state index in [-0.39, 0.29) is 22.6 Å². The first-order chi connectivity index (χ1) is 14.5. The molecule has 30 heavy (non-hydrogen) atoms. The second kappa shape index (κ2) is 8.27. The molecule has 0 aromatic heterocycles. The van der Waals surface area contributed by atoms with Crippen LogP contribution in [0.3, 0.4) is 0 Å². The number of hydrogen-bond donors (Lipinski definition) is 3. The van der Waals surface area contributed by atoms with Gasteiger partial charge in [0.15, 0.2) is 0 Å². The molecular formula is C24H17ClN2O3. The molecule has 4 rings (SSSR count). The SMILES string of the molecule is O=C(Nc1ccc(C(=O)Nc2ccccc2)c(Cl)c1)c1ccc2cc(O)ccc2c1. The summed E-state index contributed by atoms with van der Waals surface area (Å²) in [6.45, 7) is 0. The van der Waals surface area contributed by atoms with Crippen LogP contribution >= 0.6 is 11.6 Å². The summed E-state index contributed by atoms with van der Waals surface area (Å²) >= 11 is 6.28. The molecule has 0 aliphatic rings. The van der Waals surface area contributed by atoms with Crippen LogP contribution in [-0.2, 0) is 0 Å². The van der Waals surface area contributed by atoms with E-state index in [1.807, 2.05) is 18.2 Å². The van der Waals surface area contributed by atoms with Crippen molar-refractivity contribution in [3.05, 3.63) is 101 Å². The highest BCUT2D eigenvalue weighted by atomic mass is 35.5. The van der Waals surface area contributed by atoms with Gasteiger partial charge in [0.05, 0.1) is 10.6 Å². The molecule has 0 saturated carbocycles. The van der Waals surface area contributed by atoms with Gasteiger partial charge in [-0.15, -0.1) is 0 Å². The summed E-state index contributed by atoms with van der Waals surface area (Å²) in [5, 5.41) is 17.0. The van der Waals surface area contributed by atoms with E-state index in [2.05, 4.69) is 10.6 Å². The molecule has 3 N–H and O–H groups in total. The van der Waals surface area contributed by atoms with Gasteiger partial charge in [0, 0.05) is 16.9 Å². The summed E-state index contributed by atoms with van der Waals surface area (Å²) in [7, 11) is 0. The predicted molar refractivity (Wildman–Crippen MR) is 119 cm³/mol. The number of para-hydroxylation sites is 1. The van der Waals surface area contributed by atoms with Crippen LogP contribution in [0.15, 0.2) is 84.9 Å². The lowest BCUT2D eigenvalue weighted by Gasteiger charge is -2.10. The fourth-order valence-corrected chi connectivity index (χ4v) is 3.34. The van der Waals surface area contributed by atoms with Crippen molar-refractivity contribution >= 4 is 45.6 Å². The highest BCUT2D eigenvalue weighted by Crippen LogP contribution is 2.24. The largest absolute Gasteiger partial charge is 0.508 e. The summed E-state index contributed by atoms with van der Waals surface area (Å²) in [4.78, 5) is 25.1. The van der Waals surface area contributed by atoms with Gasteiger partial charge in [0.1, 0.15) is 5.75 Å². The number of phenolic OH excluding ortho intramolecular Hbond substituents is 1. The van der Waals surface area contributed by atoms with E-state index >= 15 is 0 Å². The Labute approximate surface area is 177 Å². The van der Waals surface area contributed by atoms with Gasteiger partial charge in [-0.2, -0.15) is 0 Å². The van der Waals surface area contributed by atoms with E-state index in [1.165, 1.54) is 0 Å². The summed E-state index contributed by atoms with van der Waals surface area (Å²) in [5.74, 6) is -0.463. The maximum absolute atomic E-state index is 12.6. The Bertz CT molecular complexity index is 1260. The Morgan fingerprint density at radius 3 is 2.17 bits per heavy atom. The van der Waals surface area contributed by atoms with Crippen molar-refractivity contribution in [1.29, 1.82) is 0 Å². The summed E-state index contributed by atoms with van der Waals surface area (Å²) < 4.78 is 0. The third-order valence-electron chi connectivity index (χ3n) is 4.59. The van der Waals surface area contributed by atoms with E-state index in [9.17, 15) is 14.7 Å². The zero-order chi connectivity index (χ0) is 21.1. The van der Waals surface area contributed by atoms with Gasteiger partial charge in [0.25, 0.3) is 11.8 Å². The van der Waals surface area contributed by atoms with E-state index in [0.29, 0.717) is 22.5 Å². The fourth-order valence-electron chi connectivity index (χ4n) is 3.07. The molecule has 0 saturated heterocycles. The topological polar surface area (TPSA) is 78.4 Å². The van der Waals surface area contributed by atoms with E-state index in [0.717, 1.165) is 10.8 Å². The molecule has 6 heteroatoms. The highest BCUT2D eigenvalue weighted by molar-refractivity contribution is 6.34. The number of amides is 2. The van der Waals surface area contributed by atoms with Crippen molar-refractivity contribution in [1.82, 2.24) is 0 Å². The quantitative estimate of drug-likeness (QED) is 0.399. The number of fused-ring (bicyclic) bond motifs is 1. The average molecular weight is 417 g/mol. The molecule has 148 valence electrons. The number of halogens is 1. The van der Waals surface area contributed by atoms with Crippen molar-refractivity contribution in [2.75, 3.05) is 10.6 Å². The Morgan fingerprint density at radius 2 is 1.40 bits per heavy atom. The molecule has 0 aliphatic carbocycles. The Morgan fingerprint density at radius 1 is 0.700 bits per heavy atom. The van der Waals surface area contributed by atoms with Crippen LogP contribution in [0.2, 0.25) is 5.02 Å². The third-order valence-corrected chi connectivity index (χ3v) is 4.90. The van der Waals surface area contributed by atoms with Gasteiger partial charge in [-0.3, -0.25) is 9.59 Å². The lowest BCUT2D eigenvalue weighted by atomic mass is 10.1. The maximum Gasteiger partial charge on any atom is 0.257 e. The molecule has 0 aliphatic heterocycles. The van der Waals surface area contributed by atoms with Crippen molar-refractivity contribution in [2.24, 2.45) is 0 Å². The van der Waals surface area contributed by atoms with Crippen LogP contribution in [0.4, 0.5) is 11.4 Å². The molecule has 0 unspecified atom stereocenters. The lowest BCUT2D eigenvalue weighted by molar-refractivity contribution is 0.102. The molecule has 2 amide bonds. The van der Waals surface area contributed by atoms with E-state index in [4.69, 9.17) is 11.6 Å². The van der Waals surface area contributed by atoms with Crippen LogP contribution in [0.25, 0.3) is 10.8 Å². The Hall–Kier alpha value is -3.83. The van der Waals surface area contributed by atoms with Crippen LogP contribution < -0.4 is 10.6 Å². The van der Waals surface area contributed by atoms with E-state index in [1.54, 1.807) is 66.7 Å². The third kappa shape index (κ3) is 4.26. The van der Waals surface area contributed by atoms with Crippen molar-refractivity contribution in [3.63, 3.8) is 0 Å². The number of aromatic hydroxyl groups is 1. The van der Waals surface area contributed by atoms with Gasteiger partial charge in [0.2, 0.25) is 0 Å². The van der Waals surface area contributed by atoms with Crippen molar-refractivity contribution in [2.45, 2.75) is 0 Å². The molecule has 0 atom stereocenters. The van der Waals surface area contributed by atoms with Gasteiger partial charge in [-0.05, 0) is 65.4 Å². The summed E-state index contributed by atoms with van der Waals surface area (Å²) in [6, 6.07) is 24.0. The lowest BCUT2D eigenvalue weighted by Crippen LogP contribution is -2.14. The fraction of sp³-hybridized carbons (Fsp3) is 0. The molecule has 0 spiro atoms. The highest BCUT2D eigenvalue weighted by Gasteiger charge is 2.13. The zero-order valence-electron chi connectivity index (χ0n) is 15.7. The van der Waals surface area contributed by atoms with Crippen LogP contribution in [0.1, 0.15) is 20.7 Å². The first-order valence-electron chi connectivity index (χ1n) is 9.20. The number of carbonyl (C=O) groups excluding carboxylic acids is 2. The number of phenols is 1. The number of carbonyl (C=O) groups is 2. The van der Waals surface area contributed by atoms with Crippen LogP contribution in [0, 0.1) is 0 Å². The van der Waals surface area contributed by atoms with Crippen LogP contribution in [-0.4, -0.2) is 16.9 Å². The first kappa shape index (κ1) is 19.5. The Kier molecular flexibility index (Phi) is 5.37. The summed E-state index contributed by atoms with van der Waals surface area (Å²) in [5.41, 5.74) is 1.92. The Balaban J connectivity index is 1.49. The predicted octanol–water partition coefficient (Wildman–Crippen LogP) is 5.70. The second-order valence-corrected chi connectivity index (χ2v) is 7.12. The first-order valence-corrected chi connectivity index (χ1v) is 9.57. The summed E-state index contributed by atoms with van der Waals surface area (Å²) in [6.07, 6.45) is 0. The molecule has 0 bridgehead atoms. The number of hydrogen-bond acceptors (Lipinski definition) is 3. The monoisotopic (exact) mass is 416 g/mol. The van der Waals surface area contributed by atoms with Gasteiger partial charge in [-0.1, -0.05) is 41.9 Å². The van der Waals surface area contributed by atoms with Crippen LogP contribution in [0.5, 0.6) is 5.75 Å². The average Bonchev–Trinajstić information content (AvgIpc) is 2.74. The van der Waals surface area contributed by atoms with Gasteiger partial charge in [-0.25, -0.2) is 0 Å². The minimum Gasteiger partial charge on any atom is -0.508 e. The number of benzene rings is 4. The smallest absolute Gasteiger partial charge is 0.257 e. The molecule has 0 fully saturated rings. The molecule has 0 radical (unpaired) electrons. The molecule has 5 nitrogen and oxygen atoms in total. The molecule has 0 heterocycles. The number of nitrogens with one attached hydrogen (secondary N) is 2. The standard InChI is InChI=1S/C24H17ClN2O3/c25-22-14-19(9-11-21(22)24(30)26-18-4-2-1-3-5-18)27-23(29)17-7-6-16-13-20(28)10-8-15(16)12-17/h1-14,28H,(H,26,30)(H,27,29). The number of anilines is 2. The zero-order valence-corrected chi connectivity index (χ0v) is 16.5. The van der Waals surface area contributed by atoms with E-state index < -0.39 is 0 Å². The van der Waals surface area contributed by atoms with Crippen molar-refractivity contribution < 1.29 is 14.7 Å². The second-order valence-electron chi connectivity index (χ2n) is 6.72.